The van der Waals surface area contributed by atoms with Crippen LogP contribution in [0.25, 0.3) is 0 Å². The maximum atomic E-state index is 5.56. The van der Waals surface area contributed by atoms with Crippen LogP contribution in [0.15, 0.2) is 11.1 Å². The largest absolute Gasteiger partial charge is 0.313 e. The first-order valence-corrected chi connectivity index (χ1v) is 5.31. The Morgan fingerprint density at radius 1 is 1.69 bits per heavy atom. The van der Waals surface area contributed by atoms with E-state index in [1.54, 1.807) is 5.54 Å². The summed E-state index contributed by atoms with van der Waals surface area (Å²) < 4.78 is 0. The minimum Gasteiger partial charge on any atom is -0.313 e. The molecule has 0 bridgehead atoms. The highest BCUT2D eigenvalue weighted by molar-refractivity contribution is 6.25. The number of nitrogens with zero attached hydrogens (tertiary/aromatic N) is 1. The Labute approximate surface area is 85.9 Å². The Morgan fingerprint density at radius 3 is 3.00 bits per heavy atom. The predicted octanol–water partition coefficient (Wildman–Crippen LogP) is 1.67. The van der Waals surface area contributed by atoms with E-state index in [0.717, 1.165) is 19.0 Å². The van der Waals surface area contributed by atoms with Gasteiger partial charge in [-0.15, -0.1) is 0 Å². The van der Waals surface area contributed by atoms with Crippen molar-refractivity contribution < 1.29 is 0 Å². The fourth-order valence-electron chi connectivity index (χ4n) is 1.70. The zero-order chi connectivity index (χ0) is 9.68. The Hall–Kier alpha value is -0.0500. The molecule has 1 N–H and O–H groups in total. The number of rotatable bonds is 4. The Morgan fingerprint density at radius 2 is 2.46 bits per heavy atom. The second kappa shape index (κ2) is 5.63. The molecule has 1 aliphatic heterocycles. The number of hydrogen-bond acceptors (Lipinski definition) is 2. The van der Waals surface area contributed by atoms with E-state index in [0.29, 0.717) is 0 Å². The van der Waals surface area contributed by atoms with E-state index < -0.39 is 0 Å². The van der Waals surface area contributed by atoms with Crippen LogP contribution in [-0.2, 0) is 0 Å². The number of halogens is 1. The van der Waals surface area contributed by atoms with Gasteiger partial charge in [0.15, 0.2) is 0 Å². The Bertz CT molecular complexity index is 180. The zero-order valence-electron chi connectivity index (χ0n) is 8.52. The van der Waals surface area contributed by atoms with Gasteiger partial charge in [0.05, 0.1) is 0 Å². The van der Waals surface area contributed by atoms with E-state index in [1.165, 1.54) is 25.1 Å². The molecule has 0 saturated carbocycles. The van der Waals surface area contributed by atoms with Gasteiger partial charge in [-0.1, -0.05) is 11.6 Å². The van der Waals surface area contributed by atoms with E-state index in [2.05, 4.69) is 17.3 Å². The first-order valence-electron chi connectivity index (χ1n) is 4.87. The third-order valence-corrected chi connectivity index (χ3v) is 2.88. The van der Waals surface area contributed by atoms with Crippen LogP contribution >= 0.6 is 11.6 Å². The molecule has 0 spiro atoms. The van der Waals surface area contributed by atoms with Crippen LogP contribution in [0, 0.1) is 5.92 Å². The van der Waals surface area contributed by atoms with Crippen LogP contribution in [0.2, 0.25) is 0 Å². The van der Waals surface area contributed by atoms with Gasteiger partial charge in [-0.2, -0.15) is 0 Å². The maximum absolute atomic E-state index is 5.56. The van der Waals surface area contributed by atoms with Crippen molar-refractivity contribution in [3.05, 3.63) is 11.1 Å². The molecule has 76 valence electrons. The van der Waals surface area contributed by atoms with Crippen LogP contribution in [0.5, 0.6) is 0 Å². The van der Waals surface area contributed by atoms with Crippen LogP contribution < -0.4 is 5.32 Å². The third kappa shape index (κ3) is 4.12. The van der Waals surface area contributed by atoms with Gasteiger partial charge >= 0.3 is 0 Å². The molecule has 3 heteroatoms. The van der Waals surface area contributed by atoms with E-state index in [9.17, 15) is 0 Å². The van der Waals surface area contributed by atoms with E-state index in [4.69, 9.17) is 11.6 Å². The minimum atomic E-state index is 0.827. The van der Waals surface area contributed by atoms with Crippen molar-refractivity contribution in [3.8, 4) is 0 Å². The summed E-state index contributed by atoms with van der Waals surface area (Å²) >= 11 is 5.56. The van der Waals surface area contributed by atoms with Crippen molar-refractivity contribution in [1.29, 1.82) is 0 Å². The van der Waals surface area contributed by atoms with Crippen LogP contribution in [0.3, 0.4) is 0 Å². The zero-order valence-corrected chi connectivity index (χ0v) is 9.27. The van der Waals surface area contributed by atoms with Gasteiger partial charge in [-0.3, -0.25) is 0 Å². The molecule has 0 amide bonds. The fourth-order valence-corrected chi connectivity index (χ4v) is 1.78. The van der Waals surface area contributed by atoms with Gasteiger partial charge in [0.25, 0.3) is 0 Å². The lowest BCUT2D eigenvalue weighted by Gasteiger charge is -2.11. The van der Waals surface area contributed by atoms with Crippen LogP contribution in [-0.4, -0.2) is 38.1 Å². The lowest BCUT2D eigenvalue weighted by atomic mass is 10.1. The molecule has 1 atom stereocenters. The number of likely N-dealkylation sites (tertiary alicyclic amines) is 1. The van der Waals surface area contributed by atoms with Crippen molar-refractivity contribution in [2.45, 2.75) is 13.3 Å². The molecule has 0 radical (unpaired) electrons. The SMILES string of the molecule is CC(=CCl)CNCC1CCN(C)C1. The summed E-state index contributed by atoms with van der Waals surface area (Å²) in [6, 6.07) is 0. The average molecular weight is 203 g/mol. The highest BCUT2D eigenvalue weighted by atomic mass is 35.5. The molecular formula is C10H19ClN2. The van der Waals surface area contributed by atoms with Crippen LogP contribution in [0.4, 0.5) is 0 Å². The standard InChI is InChI=1S/C10H19ClN2/c1-9(5-11)6-12-7-10-3-4-13(2)8-10/h5,10,12H,3-4,6-8H2,1-2H3. The Kier molecular flexibility index (Phi) is 4.78. The quantitative estimate of drug-likeness (QED) is 0.746. The molecule has 1 aliphatic rings. The summed E-state index contributed by atoms with van der Waals surface area (Å²) in [7, 11) is 2.18. The molecule has 0 aliphatic carbocycles. The normalized spacial score (nSPS) is 25.5. The summed E-state index contributed by atoms with van der Waals surface area (Å²) in [4.78, 5) is 2.39. The second-order valence-corrected chi connectivity index (χ2v) is 4.22. The molecular weight excluding hydrogens is 184 g/mol. The summed E-state index contributed by atoms with van der Waals surface area (Å²) in [6.45, 7) is 6.56. The number of nitrogens with one attached hydrogen (secondary N) is 1. The monoisotopic (exact) mass is 202 g/mol. The van der Waals surface area contributed by atoms with E-state index in [1.807, 2.05) is 6.92 Å². The second-order valence-electron chi connectivity index (χ2n) is 4.00. The molecule has 1 unspecified atom stereocenters. The maximum Gasteiger partial charge on any atom is 0.0173 e. The molecule has 13 heavy (non-hydrogen) atoms. The topological polar surface area (TPSA) is 15.3 Å². The highest BCUT2D eigenvalue weighted by Crippen LogP contribution is 2.12. The lowest BCUT2D eigenvalue weighted by Crippen LogP contribution is -2.26. The molecule has 1 fully saturated rings. The van der Waals surface area contributed by atoms with Crippen molar-refractivity contribution in [3.63, 3.8) is 0 Å². The van der Waals surface area contributed by atoms with Gasteiger partial charge in [-0.05, 0) is 45.0 Å². The predicted molar refractivity (Wildman–Crippen MR) is 58.1 cm³/mol. The first kappa shape index (κ1) is 11.0. The molecule has 2 nitrogen and oxygen atoms in total. The minimum absolute atomic E-state index is 0.827. The summed E-state index contributed by atoms with van der Waals surface area (Å²) in [5.74, 6) is 0.827. The molecule has 0 aromatic carbocycles. The smallest absolute Gasteiger partial charge is 0.0173 e. The van der Waals surface area contributed by atoms with Gasteiger partial charge in [0.2, 0.25) is 0 Å². The van der Waals surface area contributed by atoms with E-state index >= 15 is 0 Å². The molecule has 0 aromatic rings. The molecule has 0 aromatic heterocycles. The summed E-state index contributed by atoms with van der Waals surface area (Å²) in [5.41, 5.74) is 2.85. The molecule has 1 heterocycles. The van der Waals surface area contributed by atoms with Crippen LogP contribution in [0.1, 0.15) is 13.3 Å². The van der Waals surface area contributed by atoms with Gasteiger partial charge in [0, 0.05) is 18.6 Å². The summed E-state index contributed by atoms with van der Waals surface area (Å²) in [6.07, 6.45) is 1.33. The van der Waals surface area contributed by atoms with E-state index in [-0.39, 0.29) is 0 Å². The van der Waals surface area contributed by atoms with Crippen molar-refractivity contribution in [2.24, 2.45) is 5.92 Å². The average Bonchev–Trinajstić information content (AvgIpc) is 2.51. The molecule has 1 saturated heterocycles. The fraction of sp³-hybridized carbons (Fsp3) is 0.800. The van der Waals surface area contributed by atoms with Gasteiger partial charge < -0.3 is 10.2 Å². The van der Waals surface area contributed by atoms with Crippen molar-refractivity contribution in [2.75, 3.05) is 33.2 Å². The van der Waals surface area contributed by atoms with Gasteiger partial charge in [-0.25, -0.2) is 0 Å². The Balaban J connectivity index is 2.06. The van der Waals surface area contributed by atoms with Crippen molar-refractivity contribution in [1.82, 2.24) is 10.2 Å². The van der Waals surface area contributed by atoms with Gasteiger partial charge in [0.1, 0.15) is 0 Å². The third-order valence-electron chi connectivity index (χ3n) is 2.51. The highest BCUT2D eigenvalue weighted by Gasteiger charge is 2.18. The summed E-state index contributed by atoms with van der Waals surface area (Å²) in [5, 5.41) is 3.42. The first-order chi connectivity index (χ1) is 6.22. The lowest BCUT2D eigenvalue weighted by molar-refractivity contribution is 0.390. The van der Waals surface area contributed by atoms with Crippen molar-refractivity contribution >= 4 is 11.6 Å². The molecule has 1 rings (SSSR count). The number of hydrogen-bond donors (Lipinski definition) is 1.